The second kappa shape index (κ2) is 10.5. The molecule has 5 nitrogen and oxygen atoms in total. The lowest BCUT2D eigenvalue weighted by Gasteiger charge is -2.26. The summed E-state index contributed by atoms with van der Waals surface area (Å²) in [6.45, 7) is 6.24. The summed E-state index contributed by atoms with van der Waals surface area (Å²) in [7, 11) is 1.65. The maximum absolute atomic E-state index is 12.2. The summed E-state index contributed by atoms with van der Waals surface area (Å²) in [5.41, 5.74) is 0.927. The zero-order valence-electron chi connectivity index (χ0n) is 17.3. The van der Waals surface area contributed by atoms with Gasteiger partial charge in [-0.15, -0.1) is 0 Å². The average molecular weight is 387 g/mol. The fourth-order valence-corrected chi connectivity index (χ4v) is 4.02. The van der Waals surface area contributed by atoms with Crippen LogP contribution in [0.25, 0.3) is 6.08 Å². The standard InChI is InChI=1S/C23H34N2O3/c1-18-5-9-20(10-6-18)24-23(26)12-8-19-7-11-21(22(17-19)27-2)28-16-15-25-13-3-4-14-25/h7-8,11-12,17-18,20H,3-6,9-10,13-16H2,1-2H3,(H,24,26). The number of nitrogens with one attached hydrogen (secondary N) is 1. The van der Waals surface area contributed by atoms with Gasteiger partial charge in [0.1, 0.15) is 6.61 Å². The van der Waals surface area contributed by atoms with Crippen molar-refractivity contribution >= 4 is 12.0 Å². The first-order chi connectivity index (χ1) is 13.6. The number of hydrogen-bond donors (Lipinski definition) is 1. The van der Waals surface area contributed by atoms with Gasteiger partial charge in [0.15, 0.2) is 11.5 Å². The fraction of sp³-hybridized carbons (Fsp3) is 0.609. The van der Waals surface area contributed by atoms with Crippen LogP contribution in [0, 0.1) is 5.92 Å². The number of ether oxygens (including phenoxy) is 2. The van der Waals surface area contributed by atoms with Gasteiger partial charge in [0.2, 0.25) is 5.91 Å². The van der Waals surface area contributed by atoms with Gasteiger partial charge in [0, 0.05) is 18.7 Å². The lowest BCUT2D eigenvalue weighted by Crippen LogP contribution is -2.36. The van der Waals surface area contributed by atoms with Crippen LogP contribution in [0.3, 0.4) is 0 Å². The lowest BCUT2D eigenvalue weighted by atomic mass is 9.87. The van der Waals surface area contributed by atoms with Gasteiger partial charge in [0.05, 0.1) is 7.11 Å². The van der Waals surface area contributed by atoms with Gasteiger partial charge >= 0.3 is 0 Å². The molecule has 1 amide bonds. The Hall–Kier alpha value is -2.01. The average Bonchev–Trinajstić information content (AvgIpc) is 3.22. The first-order valence-electron chi connectivity index (χ1n) is 10.7. The highest BCUT2D eigenvalue weighted by molar-refractivity contribution is 5.92. The summed E-state index contributed by atoms with van der Waals surface area (Å²) in [6, 6.07) is 6.11. The van der Waals surface area contributed by atoms with Crippen molar-refractivity contribution in [2.75, 3.05) is 33.4 Å². The summed E-state index contributed by atoms with van der Waals surface area (Å²) in [5, 5.41) is 3.12. The van der Waals surface area contributed by atoms with Crippen molar-refractivity contribution in [3.05, 3.63) is 29.8 Å². The Morgan fingerprint density at radius 2 is 1.93 bits per heavy atom. The molecule has 0 aromatic heterocycles. The monoisotopic (exact) mass is 386 g/mol. The zero-order chi connectivity index (χ0) is 19.8. The van der Waals surface area contributed by atoms with Gasteiger partial charge in [-0.2, -0.15) is 0 Å². The Morgan fingerprint density at radius 1 is 1.18 bits per heavy atom. The number of carbonyl (C=O) groups excluding carboxylic acids is 1. The smallest absolute Gasteiger partial charge is 0.244 e. The van der Waals surface area contributed by atoms with E-state index in [2.05, 4.69) is 17.1 Å². The number of amides is 1. The molecule has 2 fully saturated rings. The van der Waals surface area contributed by atoms with E-state index < -0.39 is 0 Å². The minimum absolute atomic E-state index is 0.0236. The van der Waals surface area contributed by atoms with Crippen LogP contribution in [0.4, 0.5) is 0 Å². The topological polar surface area (TPSA) is 50.8 Å². The molecule has 0 unspecified atom stereocenters. The minimum atomic E-state index is -0.0236. The molecule has 1 aromatic rings. The van der Waals surface area contributed by atoms with E-state index in [0.717, 1.165) is 36.6 Å². The maximum Gasteiger partial charge on any atom is 0.244 e. The first-order valence-corrected chi connectivity index (χ1v) is 10.7. The predicted molar refractivity (Wildman–Crippen MR) is 113 cm³/mol. The number of likely N-dealkylation sites (tertiary alicyclic amines) is 1. The van der Waals surface area contributed by atoms with E-state index >= 15 is 0 Å². The van der Waals surface area contributed by atoms with Gasteiger partial charge in [-0.05, 0) is 81.3 Å². The largest absolute Gasteiger partial charge is 0.493 e. The van der Waals surface area contributed by atoms with E-state index in [0.29, 0.717) is 18.4 Å². The normalized spacial score (nSPS) is 23.1. The molecule has 1 saturated carbocycles. The second-order valence-electron chi connectivity index (χ2n) is 8.11. The molecule has 5 heteroatoms. The summed E-state index contributed by atoms with van der Waals surface area (Å²) >= 11 is 0. The van der Waals surface area contributed by atoms with E-state index in [4.69, 9.17) is 9.47 Å². The summed E-state index contributed by atoms with van der Waals surface area (Å²) in [6.07, 6.45) is 10.6. The number of nitrogens with zero attached hydrogens (tertiary/aromatic N) is 1. The molecule has 0 bridgehead atoms. The van der Waals surface area contributed by atoms with Gasteiger partial charge in [-0.25, -0.2) is 0 Å². The van der Waals surface area contributed by atoms with Crippen LogP contribution in [0.2, 0.25) is 0 Å². The SMILES string of the molecule is COc1cc(C=CC(=O)NC2CCC(C)CC2)ccc1OCCN1CCCC1. The van der Waals surface area contributed by atoms with Gasteiger partial charge in [-0.3, -0.25) is 9.69 Å². The Labute approximate surface area is 169 Å². The summed E-state index contributed by atoms with van der Waals surface area (Å²) < 4.78 is 11.4. The van der Waals surface area contributed by atoms with Crippen molar-refractivity contribution in [2.24, 2.45) is 5.92 Å². The third kappa shape index (κ3) is 6.26. The van der Waals surface area contributed by atoms with Crippen molar-refractivity contribution in [1.82, 2.24) is 10.2 Å². The van der Waals surface area contributed by atoms with Crippen LogP contribution >= 0.6 is 0 Å². The third-order valence-corrected chi connectivity index (χ3v) is 5.84. The van der Waals surface area contributed by atoms with Crippen molar-refractivity contribution in [3.8, 4) is 11.5 Å². The predicted octanol–water partition coefficient (Wildman–Crippen LogP) is 3.88. The van der Waals surface area contributed by atoms with Crippen molar-refractivity contribution in [2.45, 2.75) is 51.5 Å². The van der Waals surface area contributed by atoms with Crippen LogP contribution in [0.1, 0.15) is 51.0 Å². The maximum atomic E-state index is 12.2. The minimum Gasteiger partial charge on any atom is -0.493 e. The van der Waals surface area contributed by atoms with Gasteiger partial charge in [-0.1, -0.05) is 13.0 Å². The van der Waals surface area contributed by atoms with Gasteiger partial charge < -0.3 is 14.8 Å². The number of hydrogen-bond acceptors (Lipinski definition) is 4. The Balaban J connectivity index is 1.49. The quantitative estimate of drug-likeness (QED) is 0.689. The molecule has 1 heterocycles. The van der Waals surface area contributed by atoms with Crippen molar-refractivity contribution in [3.63, 3.8) is 0 Å². The van der Waals surface area contributed by atoms with E-state index in [-0.39, 0.29) is 5.91 Å². The number of rotatable bonds is 8. The summed E-state index contributed by atoms with van der Waals surface area (Å²) in [4.78, 5) is 14.6. The van der Waals surface area contributed by atoms with Crippen molar-refractivity contribution < 1.29 is 14.3 Å². The molecule has 0 spiro atoms. The van der Waals surface area contributed by atoms with Crippen LogP contribution in [-0.4, -0.2) is 50.2 Å². The van der Waals surface area contributed by atoms with Crippen molar-refractivity contribution in [1.29, 1.82) is 0 Å². The zero-order valence-corrected chi connectivity index (χ0v) is 17.3. The first kappa shape index (κ1) is 20.7. The van der Waals surface area contributed by atoms with Crippen LogP contribution < -0.4 is 14.8 Å². The molecule has 1 saturated heterocycles. The molecule has 154 valence electrons. The molecule has 1 N–H and O–H groups in total. The molecular formula is C23H34N2O3. The molecule has 28 heavy (non-hydrogen) atoms. The highest BCUT2D eigenvalue weighted by Gasteiger charge is 2.18. The Morgan fingerprint density at radius 3 is 2.64 bits per heavy atom. The lowest BCUT2D eigenvalue weighted by molar-refractivity contribution is -0.117. The highest BCUT2D eigenvalue weighted by atomic mass is 16.5. The van der Waals surface area contributed by atoms with Crippen LogP contribution in [0.5, 0.6) is 11.5 Å². The third-order valence-electron chi connectivity index (χ3n) is 5.84. The van der Waals surface area contributed by atoms with E-state index in [1.54, 1.807) is 13.2 Å². The van der Waals surface area contributed by atoms with E-state index in [1.807, 2.05) is 24.3 Å². The fourth-order valence-electron chi connectivity index (χ4n) is 4.02. The summed E-state index contributed by atoms with van der Waals surface area (Å²) in [5.74, 6) is 2.21. The molecule has 1 aliphatic heterocycles. The molecule has 2 aliphatic rings. The van der Waals surface area contributed by atoms with Gasteiger partial charge in [0.25, 0.3) is 0 Å². The molecule has 1 aliphatic carbocycles. The van der Waals surface area contributed by atoms with E-state index in [1.165, 1.54) is 38.8 Å². The molecule has 3 rings (SSSR count). The number of carbonyl (C=O) groups is 1. The van der Waals surface area contributed by atoms with Crippen LogP contribution in [-0.2, 0) is 4.79 Å². The van der Waals surface area contributed by atoms with Crippen LogP contribution in [0.15, 0.2) is 24.3 Å². The van der Waals surface area contributed by atoms with E-state index in [9.17, 15) is 4.79 Å². The Bertz CT molecular complexity index is 660. The number of benzene rings is 1. The second-order valence-corrected chi connectivity index (χ2v) is 8.11. The highest BCUT2D eigenvalue weighted by Crippen LogP contribution is 2.29. The molecule has 1 aromatic carbocycles. The molecular weight excluding hydrogens is 352 g/mol. The molecule has 0 atom stereocenters. The molecule has 0 radical (unpaired) electrons. The Kier molecular flexibility index (Phi) is 7.78. The number of methoxy groups -OCH3 is 1.